The first-order valence-corrected chi connectivity index (χ1v) is 5.23. The van der Waals surface area contributed by atoms with Crippen LogP contribution in [0, 0.1) is 0 Å². The van der Waals surface area contributed by atoms with E-state index < -0.39 is 5.97 Å². The van der Waals surface area contributed by atoms with Gasteiger partial charge in [0, 0.05) is 0 Å². The zero-order valence-electron chi connectivity index (χ0n) is 9.05. The molecule has 0 bridgehead atoms. The molecule has 0 radical (unpaired) electrons. The Balaban J connectivity index is 2.46. The van der Waals surface area contributed by atoms with Gasteiger partial charge in [-0.25, -0.2) is 19.7 Å². The molecule has 0 spiro atoms. The van der Waals surface area contributed by atoms with E-state index in [9.17, 15) is 4.79 Å². The van der Waals surface area contributed by atoms with E-state index in [4.69, 9.17) is 16.3 Å². The molecule has 0 saturated carbocycles. The summed E-state index contributed by atoms with van der Waals surface area (Å²) in [4.78, 5) is 23.3. The molecule has 2 rings (SSSR count). The van der Waals surface area contributed by atoms with Crippen molar-refractivity contribution in [1.82, 2.24) is 19.5 Å². The fourth-order valence-electron chi connectivity index (χ4n) is 1.32. The fraction of sp³-hybridized carbons (Fsp3) is 0.200. The van der Waals surface area contributed by atoms with E-state index in [1.807, 2.05) is 0 Å². The standard InChI is InChI=1S/C10H9ClN4O2/c1-3-17-10(16)6(2)15-5-14-7-8(11)12-4-13-9(7)15/h4-5H,2-3H2,1H3. The van der Waals surface area contributed by atoms with Crippen LogP contribution in [0.2, 0.25) is 5.15 Å². The average Bonchev–Trinajstić information content (AvgIpc) is 2.73. The lowest BCUT2D eigenvalue weighted by atomic mass is 10.4. The largest absolute Gasteiger partial charge is 0.461 e. The van der Waals surface area contributed by atoms with Crippen molar-refractivity contribution in [2.24, 2.45) is 0 Å². The van der Waals surface area contributed by atoms with Crippen LogP contribution in [0.4, 0.5) is 0 Å². The van der Waals surface area contributed by atoms with Crippen molar-refractivity contribution in [3.63, 3.8) is 0 Å². The Bertz CT molecular complexity index is 593. The summed E-state index contributed by atoms with van der Waals surface area (Å²) >= 11 is 5.84. The SMILES string of the molecule is C=C(C(=O)OCC)n1cnc2c(Cl)ncnc21. The third-order valence-corrected chi connectivity index (χ3v) is 2.37. The number of hydrogen-bond donors (Lipinski definition) is 0. The topological polar surface area (TPSA) is 69.9 Å². The highest BCUT2D eigenvalue weighted by atomic mass is 35.5. The van der Waals surface area contributed by atoms with Crippen molar-refractivity contribution < 1.29 is 9.53 Å². The van der Waals surface area contributed by atoms with Crippen LogP contribution >= 0.6 is 11.6 Å². The Morgan fingerprint density at radius 3 is 3.00 bits per heavy atom. The van der Waals surface area contributed by atoms with Crippen molar-refractivity contribution in [3.05, 3.63) is 24.4 Å². The zero-order chi connectivity index (χ0) is 12.4. The smallest absolute Gasteiger partial charge is 0.354 e. The quantitative estimate of drug-likeness (QED) is 0.470. The van der Waals surface area contributed by atoms with Crippen LogP contribution in [-0.4, -0.2) is 32.1 Å². The predicted octanol–water partition coefficient (Wildman–Crippen LogP) is 1.51. The van der Waals surface area contributed by atoms with Crippen molar-refractivity contribution in [2.75, 3.05) is 6.61 Å². The molecule has 6 nitrogen and oxygen atoms in total. The summed E-state index contributed by atoms with van der Waals surface area (Å²) in [6, 6.07) is 0. The molecule has 0 aromatic carbocycles. The molecule has 0 amide bonds. The first-order chi connectivity index (χ1) is 8.15. The van der Waals surface area contributed by atoms with Crippen LogP contribution < -0.4 is 0 Å². The molecule has 2 aromatic rings. The Hall–Kier alpha value is -1.95. The van der Waals surface area contributed by atoms with Crippen molar-refractivity contribution in [2.45, 2.75) is 6.92 Å². The monoisotopic (exact) mass is 252 g/mol. The van der Waals surface area contributed by atoms with Crippen molar-refractivity contribution in [3.8, 4) is 0 Å². The first-order valence-electron chi connectivity index (χ1n) is 4.85. The highest BCUT2D eigenvalue weighted by Gasteiger charge is 2.15. The maximum absolute atomic E-state index is 11.5. The predicted molar refractivity (Wildman–Crippen MR) is 62.3 cm³/mol. The number of hydrogen-bond acceptors (Lipinski definition) is 5. The lowest BCUT2D eigenvalue weighted by molar-refractivity contribution is -0.136. The molecule has 2 heterocycles. The minimum absolute atomic E-state index is 0.129. The lowest BCUT2D eigenvalue weighted by Crippen LogP contribution is -2.11. The fourth-order valence-corrected chi connectivity index (χ4v) is 1.49. The van der Waals surface area contributed by atoms with Gasteiger partial charge in [0.1, 0.15) is 23.9 Å². The minimum atomic E-state index is -0.526. The number of carbonyl (C=O) groups excluding carboxylic acids is 1. The maximum Gasteiger partial charge on any atom is 0.354 e. The molecule has 0 N–H and O–H groups in total. The average molecular weight is 253 g/mol. The van der Waals surface area contributed by atoms with Crippen LogP contribution in [0.15, 0.2) is 19.2 Å². The number of fused-ring (bicyclic) bond motifs is 1. The summed E-state index contributed by atoms with van der Waals surface area (Å²) in [5.41, 5.74) is 0.965. The van der Waals surface area contributed by atoms with Crippen molar-refractivity contribution >= 4 is 34.4 Å². The summed E-state index contributed by atoms with van der Waals surface area (Å²) < 4.78 is 6.26. The van der Waals surface area contributed by atoms with Gasteiger partial charge in [0.25, 0.3) is 0 Å². The maximum atomic E-state index is 11.5. The van der Waals surface area contributed by atoms with Gasteiger partial charge in [-0.3, -0.25) is 4.57 Å². The highest BCUT2D eigenvalue weighted by Crippen LogP contribution is 2.19. The van der Waals surface area contributed by atoms with Gasteiger partial charge < -0.3 is 4.74 Å². The second kappa shape index (κ2) is 4.50. The van der Waals surface area contributed by atoms with E-state index in [0.29, 0.717) is 11.2 Å². The Morgan fingerprint density at radius 1 is 1.53 bits per heavy atom. The van der Waals surface area contributed by atoms with E-state index >= 15 is 0 Å². The highest BCUT2D eigenvalue weighted by molar-refractivity contribution is 6.33. The number of esters is 1. The van der Waals surface area contributed by atoms with Crippen LogP contribution in [0.1, 0.15) is 6.92 Å². The van der Waals surface area contributed by atoms with Crippen LogP contribution in [-0.2, 0) is 9.53 Å². The Morgan fingerprint density at radius 2 is 2.29 bits per heavy atom. The van der Waals surface area contributed by atoms with E-state index in [2.05, 4.69) is 21.5 Å². The minimum Gasteiger partial charge on any atom is -0.461 e. The molecule has 0 saturated heterocycles. The molecule has 0 fully saturated rings. The Kier molecular flexibility index (Phi) is 3.06. The molecule has 0 aliphatic rings. The van der Waals surface area contributed by atoms with Gasteiger partial charge in [-0.15, -0.1) is 0 Å². The molecular formula is C10H9ClN4O2. The summed E-state index contributed by atoms with van der Waals surface area (Å²) in [5.74, 6) is -0.526. The van der Waals surface area contributed by atoms with Crippen molar-refractivity contribution in [1.29, 1.82) is 0 Å². The molecule has 7 heteroatoms. The van der Waals surface area contributed by atoms with Gasteiger partial charge in [-0.1, -0.05) is 18.2 Å². The van der Waals surface area contributed by atoms with Gasteiger partial charge in [-0.05, 0) is 6.92 Å². The van der Waals surface area contributed by atoms with Gasteiger partial charge in [0.2, 0.25) is 0 Å². The third kappa shape index (κ3) is 1.99. The molecule has 0 unspecified atom stereocenters. The summed E-state index contributed by atoms with van der Waals surface area (Å²) in [7, 11) is 0. The molecule has 0 aliphatic carbocycles. The lowest BCUT2D eigenvalue weighted by Gasteiger charge is -2.06. The number of imidazole rings is 1. The zero-order valence-corrected chi connectivity index (χ0v) is 9.81. The second-order valence-corrected chi connectivity index (χ2v) is 3.48. The Labute approximate surface area is 102 Å². The van der Waals surface area contributed by atoms with Gasteiger partial charge >= 0.3 is 5.97 Å². The number of ether oxygens (including phenoxy) is 1. The summed E-state index contributed by atoms with van der Waals surface area (Å²) in [5, 5.41) is 0.227. The normalized spacial score (nSPS) is 10.5. The molecular weight excluding hydrogens is 244 g/mol. The molecule has 17 heavy (non-hydrogen) atoms. The molecule has 0 atom stereocenters. The van der Waals surface area contributed by atoms with E-state index in [-0.39, 0.29) is 17.5 Å². The molecule has 2 aromatic heterocycles. The first kappa shape index (κ1) is 11.5. The van der Waals surface area contributed by atoms with E-state index in [0.717, 1.165) is 0 Å². The van der Waals surface area contributed by atoms with Crippen LogP contribution in [0.3, 0.4) is 0 Å². The van der Waals surface area contributed by atoms with E-state index in [1.54, 1.807) is 6.92 Å². The summed E-state index contributed by atoms with van der Waals surface area (Å²) in [6.07, 6.45) is 2.70. The van der Waals surface area contributed by atoms with Gasteiger partial charge in [0.15, 0.2) is 10.8 Å². The van der Waals surface area contributed by atoms with Gasteiger partial charge in [-0.2, -0.15) is 0 Å². The summed E-state index contributed by atoms with van der Waals surface area (Å²) in [6.45, 7) is 5.64. The number of carbonyl (C=O) groups is 1. The van der Waals surface area contributed by atoms with Crippen LogP contribution in [0.25, 0.3) is 16.9 Å². The number of rotatable bonds is 3. The number of halogens is 1. The number of nitrogens with zero attached hydrogens (tertiary/aromatic N) is 4. The number of aromatic nitrogens is 4. The third-order valence-electron chi connectivity index (χ3n) is 2.09. The van der Waals surface area contributed by atoms with Gasteiger partial charge in [0.05, 0.1) is 6.61 Å². The molecule has 0 aliphatic heterocycles. The van der Waals surface area contributed by atoms with Crippen LogP contribution in [0.5, 0.6) is 0 Å². The molecule has 88 valence electrons. The second-order valence-electron chi connectivity index (χ2n) is 3.12. The van der Waals surface area contributed by atoms with E-state index in [1.165, 1.54) is 17.2 Å².